The number of nitrogens with zero attached hydrogens (tertiary/aromatic N) is 1. The zero-order valence-corrected chi connectivity index (χ0v) is 12.2. The third kappa shape index (κ3) is 7.62. The molecule has 0 aromatic heterocycles. The Bertz CT molecular complexity index is 348. The molecule has 1 N–H and O–H groups in total. The van der Waals surface area contributed by atoms with Gasteiger partial charge < -0.3 is 9.22 Å². The molecule has 0 bridgehead atoms. The summed E-state index contributed by atoms with van der Waals surface area (Å²) < 4.78 is 35.7. The van der Waals surface area contributed by atoms with E-state index >= 15 is 0 Å². The second kappa shape index (κ2) is 7.70. The van der Waals surface area contributed by atoms with Crippen molar-refractivity contribution in [2.75, 3.05) is 38.5 Å². The van der Waals surface area contributed by atoms with Crippen molar-refractivity contribution in [3.8, 4) is 0 Å². The van der Waals surface area contributed by atoms with Crippen LogP contribution in [0.15, 0.2) is 0 Å². The van der Waals surface area contributed by atoms with E-state index in [9.17, 15) is 13.2 Å². The molecule has 108 valence electrons. The van der Waals surface area contributed by atoms with Crippen LogP contribution in [-0.2, 0) is 19.6 Å². The van der Waals surface area contributed by atoms with Gasteiger partial charge in [0.15, 0.2) is 0 Å². The summed E-state index contributed by atoms with van der Waals surface area (Å²) in [7, 11) is -3.89. The van der Waals surface area contributed by atoms with Crippen LogP contribution < -0.4 is 0 Å². The quantitative estimate of drug-likeness (QED) is 0.382. The molecule has 0 aliphatic heterocycles. The van der Waals surface area contributed by atoms with Gasteiger partial charge in [-0.2, -0.15) is 8.42 Å². The molecular formula is C11H24NO5S+. The van der Waals surface area contributed by atoms with Gasteiger partial charge in [-0.05, 0) is 13.8 Å². The first-order valence-electron chi connectivity index (χ1n) is 6.18. The van der Waals surface area contributed by atoms with Gasteiger partial charge in [0.05, 0.1) is 25.4 Å². The standard InChI is InChI=1S/C11H23NO5S/c1-4-12(5-2,8-9-17-11(3)13)7-6-10-18(14,15)16/h4-10H2,1-3H3/p+1. The van der Waals surface area contributed by atoms with Crippen LogP contribution in [0.5, 0.6) is 0 Å². The Morgan fingerprint density at radius 1 is 1.22 bits per heavy atom. The summed E-state index contributed by atoms with van der Waals surface area (Å²) in [5, 5.41) is 0. The first-order chi connectivity index (χ1) is 8.24. The first kappa shape index (κ1) is 17.3. The van der Waals surface area contributed by atoms with Gasteiger partial charge in [0.2, 0.25) is 0 Å². The molecule has 18 heavy (non-hydrogen) atoms. The van der Waals surface area contributed by atoms with Gasteiger partial charge >= 0.3 is 5.97 Å². The third-order valence-corrected chi connectivity index (χ3v) is 4.05. The van der Waals surface area contributed by atoms with E-state index in [0.717, 1.165) is 13.1 Å². The zero-order chi connectivity index (χ0) is 14.2. The van der Waals surface area contributed by atoms with Crippen molar-refractivity contribution in [2.45, 2.75) is 27.2 Å². The normalized spacial score (nSPS) is 12.4. The van der Waals surface area contributed by atoms with Crippen LogP contribution in [0.25, 0.3) is 0 Å². The van der Waals surface area contributed by atoms with Gasteiger partial charge in [-0.25, -0.2) is 0 Å². The molecule has 0 aliphatic carbocycles. The van der Waals surface area contributed by atoms with Crippen LogP contribution >= 0.6 is 0 Å². The maximum atomic E-state index is 10.7. The lowest BCUT2D eigenvalue weighted by Gasteiger charge is -2.36. The summed E-state index contributed by atoms with van der Waals surface area (Å²) in [5.74, 6) is -0.529. The highest BCUT2D eigenvalue weighted by Gasteiger charge is 2.23. The Labute approximate surface area is 109 Å². The van der Waals surface area contributed by atoms with Crippen molar-refractivity contribution >= 4 is 16.1 Å². The molecule has 0 fully saturated rings. The van der Waals surface area contributed by atoms with E-state index in [4.69, 9.17) is 9.29 Å². The molecule has 0 saturated heterocycles. The zero-order valence-electron chi connectivity index (χ0n) is 11.4. The molecule has 0 radical (unpaired) electrons. The van der Waals surface area contributed by atoms with Crippen LogP contribution in [0.4, 0.5) is 0 Å². The third-order valence-electron chi connectivity index (χ3n) is 3.25. The van der Waals surface area contributed by atoms with E-state index in [1.54, 1.807) is 0 Å². The van der Waals surface area contributed by atoms with E-state index in [0.29, 0.717) is 30.6 Å². The average molecular weight is 282 g/mol. The summed E-state index contributed by atoms with van der Waals surface area (Å²) in [5.41, 5.74) is 0. The molecule has 0 rings (SSSR count). The molecule has 0 atom stereocenters. The lowest BCUT2D eigenvalue weighted by Crippen LogP contribution is -2.50. The van der Waals surface area contributed by atoms with Crippen molar-refractivity contribution in [3.63, 3.8) is 0 Å². The fourth-order valence-electron chi connectivity index (χ4n) is 1.93. The summed E-state index contributed by atoms with van der Waals surface area (Å²) in [6.45, 7) is 8.72. The summed E-state index contributed by atoms with van der Waals surface area (Å²) in [6.07, 6.45) is 0.403. The average Bonchev–Trinajstić information content (AvgIpc) is 2.25. The fourth-order valence-corrected chi connectivity index (χ4v) is 2.43. The lowest BCUT2D eigenvalue weighted by molar-refractivity contribution is -0.925. The monoisotopic (exact) mass is 282 g/mol. The van der Waals surface area contributed by atoms with Crippen LogP contribution in [0, 0.1) is 0 Å². The molecule has 0 aliphatic rings. The molecule has 0 aromatic carbocycles. The topological polar surface area (TPSA) is 80.7 Å². The van der Waals surface area contributed by atoms with Crippen molar-refractivity contribution in [1.82, 2.24) is 0 Å². The van der Waals surface area contributed by atoms with E-state index < -0.39 is 10.1 Å². The van der Waals surface area contributed by atoms with Crippen LogP contribution in [0.2, 0.25) is 0 Å². The summed E-state index contributed by atoms with van der Waals surface area (Å²) in [4.78, 5) is 10.7. The molecule has 6 nitrogen and oxygen atoms in total. The minimum atomic E-state index is -3.89. The molecule has 0 saturated carbocycles. The number of hydrogen-bond acceptors (Lipinski definition) is 4. The second-order valence-corrected chi connectivity index (χ2v) is 5.97. The van der Waals surface area contributed by atoms with Gasteiger partial charge in [-0.1, -0.05) is 0 Å². The number of ether oxygens (including phenoxy) is 1. The molecule has 7 heteroatoms. The molecule has 0 unspecified atom stereocenters. The van der Waals surface area contributed by atoms with Gasteiger partial charge in [-0.15, -0.1) is 0 Å². The highest BCUT2D eigenvalue weighted by atomic mass is 32.2. The number of likely N-dealkylation sites (N-methyl/N-ethyl adjacent to an activating group) is 1. The fraction of sp³-hybridized carbons (Fsp3) is 0.909. The highest BCUT2D eigenvalue weighted by molar-refractivity contribution is 7.85. The van der Waals surface area contributed by atoms with Gasteiger partial charge in [0.25, 0.3) is 10.1 Å². The molecule has 0 heterocycles. The van der Waals surface area contributed by atoms with Gasteiger partial charge in [0.1, 0.15) is 13.2 Å². The minimum absolute atomic E-state index is 0.222. The molecule has 0 spiro atoms. The number of carbonyl (C=O) groups excluding carboxylic acids is 1. The maximum Gasteiger partial charge on any atom is 0.302 e. The number of esters is 1. The van der Waals surface area contributed by atoms with E-state index in [2.05, 4.69) is 0 Å². The van der Waals surface area contributed by atoms with Crippen molar-refractivity contribution in [1.29, 1.82) is 0 Å². The number of quaternary nitrogens is 1. The van der Waals surface area contributed by atoms with Crippen molar-refractivity contribution < 1.29 is 27.0 Å². The molecule has 0 aromatic rings. The number of carbonyl (C=O) groups is 1. The Morgan fingerprint density at radius 2 is 1.78 bits per heavy atom. The van der Waals surface area contributed by atoms with E-state index in [-0.39, 0.29) is 11.7 Å². The minimum Gasteiger partial charge on any atom is -0.460 e. The molecular weight excluding hydrogens is 258 g/mol. The maximum absolute atomic E-state index is 10.7. The van der Waals surface area contributed by atoms with Gasteiger partial charge in [-0.3, -0.25) is 9.35 Å². The largest absolute Gasteiger partial charge is 0.460 e. The van der Waals surface area contributed by atoms with Crippen molar-refractivity contribution in [3.05, 3.63) is 0 Å². The first-order valence-corrected chi connectivity index (χ1v) is 7.79. The Morgan fingerprint density at radius 3 is 2.17 bits per heavy atom. The van der Waals surface area contributed by atoms with E-state index in [1.165, 1.54) is 6.92 Å². The summed E-state index contributed by atoms with van der Waals surface area (Å²) in [6, 6.07) is 0. The Kier molecular flexibility index (Phi) is 7.42. The number of rotatable bonds is 9. The second-order valence-electron chi connectivity index (χ2n) is 4.40. The van der Waals surface area contributed by atoms with E-state index in [1.807, 2.05) is 13.8 Å². The summed E-state index contributed by atoms with van der Waals surface area (Å²) >= 11 is 0. The predicted molar refractivity (Wildman–Crippen MR) is 68.7 cm³/mol. The van der Waals surface area contributed by atoms with Crippen LogP contribution in [-0.4, -0.2) is 62.0 Å². The van der Waals surface area contributed by atoms with Crippen LogP contribution in [0.1, 0.15) is 27.2 Å². The lowest BCUT2D eigenvalue weighted by atomic mass is 10.3. The van der Waals surface area contributed by atoms with Gasteiger partial charge in [0, 0.05) is 13.3 Å². The Hall–Kier alpha value is -0.660. The Balaban J connectivity index is 4.28. The highest BCUT2D eigenvalue weighted by Crippen LogP contribution is 2.08. The SMILES string of the molecule is CC[N+](CC)(CCCS(=O)(=O)O)CCOC(C)=O. The van der Waals surface area contributed by atoms with Crippen LogP contribution in [0.3, 0.4) is 0 Å². The van der Waals surface area contributed by atoms with Crippen molar-refractivity contribution in [2.24, 2.45) is 0 Å². The number of hydrogen-bond donors (Lipinski definition) is 1. The smallest absolute Gasteiger partial charge is 0.302 e. The predicted octanol–water partition coefficient (Wildman–Crippen LogP) is 0.684. The molecule has 0 amide bonds.